The molecule has 1 fully saturated rings. The van der Waals surface area contributed by atoms with Gasteiger partial charge in [0, 0.05) is 23.1 Å². The number of nitrogens with zero attached hydrogens (tertiary/aromatic N) is 2. The molecule has 1 heterocycles. The summed E-state index contributed by atoms with van der Waals surface area (Å²) in [7, 11) is 0. The van der Waals surface area contributed by atoms with Gasteiger partial charge < -0.3 is 4.74 Å². The number of carbonyl (C=O) groups is 1. The van der Waals surface area contributed by atoms with Crippen LogP contribution in [0.5, 0.6) is 5.75 Å². The third kappa shape index (κ3) is 4.83. The van der Waals surface area contributed by atoms with E-state index in [0.717, 1.165) is 20.8 Å². The number of rotatable bonds is 6. The molecule has 7 heteroatoms. The molecule has 2 aromatic rings. The van der Waals surface area contributed by atoms with E-state index in [1.807, 2.05) is 44.2 Å². The van der Waals surface area contributed by atoms with Crippen molar-refractivity contribution >= 4 is 44.8 Å². The number of benzene rings is 2. The van der Waals surface area contributed by atoms with Crippen molar-refractivity contribution in [2.45, 2.75) is 20.5 Å². The van der Waals surface area contributed by atoms with Gasteiger partial charge in [0.05, 0.1) is 4.91 Å². The molecular formula is C21H20BrFN2O2S. The van der Waals surface area contributed by atoms with E-state index in [1.165, 1.54) is 23.9 Å². The molecule has 1 saturated heterocycles. The molecule has 0 saturated carbocycles. The van der Waals surface area contributed by atoms with Crippen LogP contribution in [0.1, 0.15) is 25.0 Å². The van der Waals surface area contributed by atoms with Crippen molar-refractivity contribution < 1.29 is 13.9 Å². The smallest absolute Gasteiger partial charge is 0.266 e. The van der Waals surface area contributed by atoms with Gasteiger partial charge in [-0.25, -0.2) is 4.39 Å². The van der Waals surface area contributed by atoms with Crippen LogP contribution in [-0.4, -0.2) is 29.1 Å². The molecule has 0 atom stereocenters. The summed E-state index contributed by atoms with van der Waals surface area (Å²) in [4.78, 5) is 19.4. The van der Waals surface area contributed by atoms with Gasteiger partial charge in [-0.15, -0.1) is 0 Å². The Balaban J connectivity index is 1.87. The lowest BCUT2D eigenvalue weighted by Crippen LogP contribution is -2.28. The summed E-state index contributed by atoms with van der Waals surface area (Å²) in [6.07, 6.45) is 1.82. The summed E-state index contributed by atoms with van der Waals surface area (Å²) >= 11 is 4.84. The Morgan fingerprint density at radius 1 is 1.25 bits per heavy atom. The Hall–Kier alpha value is -2.12. The van der Waals surface area contributed by atoms with Crippen LogP contribution in [0.25, 0.3) is 6.08 Å². The molecule has 4 nitrogen and oxygen atoms in total. The van der Waals surface area contributed by atoms with E-state index < -0.39 is 0 Å². The van der Waals surface area contributed by atoms with Crippen molar-refractivity contribution in [3.05, 3.63) is 68.8 Å². The molecule has 28 heavy (non-hydrogen) atoms. The number of carbonyl (C=O) groups excluding carboxylic acids is 1. The van der Waals surface area contributed by atoms with Crippen LogP contribution in [0.15, 0.2) is 56.8 Å². The van der Waals surface area contributed by atoms with Gasteiger partial charge in [-0.2, -0.15) is 0 Å². The molecule has 0 N–H and O–H groups in total. The summed E-state index contributed by atoms with van der Waals surface area (Å²) in [5.41, 5.74) is 1.51. The zero-order chi connectivity index (χ0) is 20.1. The highest BCUT2D eigenvalue weighted by Gasteiger charge is 2.32. The van der Waals surface area contributed by atoms with E-state index in [2.05, 4.69) is 20.9 Å². The number of amides is 1. The molecular weight excluding hydrogens is 443 g/mol. The number of hydrogen-bond acceptors (Lipinski definition) is 4. The first-order valence-electron chi connectivity index (χ1n) is 8.94. The van der Waals surface area contributed by atoms with Crippen molar-refractivity contribution in [1.29, 1.82) is 0 Å². The van der Waals surface area contributed by atoms with Crippen LogP contribution in [0.3, 0.4) is 0 Å². The summed E-state index contributed by atoms with van der Waals surface area (Å²) in [6, 6.07) is 11.9. The Kier molecular flexibility index (Phi) is 6.91. The van der Waals surface area contributed by atoms with Gasteiger partial charge in [0.15, 0.2) is 5.17 Å². The Bertz CT molecular complexity index is 946. The maximum atomic E-state index is 13.4. The molecule has 0 aromatic heterocycles. The number of hydrogen-bond donors (Lipinski definition) is 0. The number of aliphatic imine (C=N–C) groups is 1. The van der Waals surface area contributed by atoms with Crippen molar-refractivity contribution in [3.63, 3.8) is 0 Å². The predicted molar refractivity (Wildman–Crippen MR) is 116 cm³/mol. The minimum atomic E-state index is -0.297. The fourth-order valence-corrected chi connectivity index (χ4v) is 4.21. The highest BCUT2D eigenvalue weighted by molar-refractivity contribution is 9.10. The van der Waals surface area contributed by atoms with E-state index >= 15 is 0 Å². The number of halogens is 2. The van der Waals surface area contributed by atoms with Gasteiger partial charge in [-0.3, -0.25) is 14.7 Å². The van der Waals surface area contributed by atoms with E-state index in [-0.39, 0.29) is 18.3 Å². The van der Waals surface area contributed by atoms with Gasteiger partial charge in [-0.05, 0) is 67.6 Å². The summed E-state index contributed by atoms with van der Waals surface area (Å²) in [5, 5.41) is 0.721. The molecule has 1 aliphatic rings. The van der Waals surface area contributed by atoms with Gasteiger partial charge in [0.2, 0.25) is 0 Å². The largest absolute Gasteiger partial charge is 0.488 e. The Labute approximate surface area is 176 Å². The molecule has 2 aromatic carbocycles. The second-order valence-corrected chi connectivity index (χ2v) is 7.94. The molecule has 3 rings (SSSR count). The SMILES string of the molecule is CCN=C1S/C(=C\c2cc(Br)ccc2OCc2cccc(F)c2)C(=O)N1CC. The van der Waals surface area contributed by atoms with Crippen LogP contribution in [0.4, 0.5) is 4.39 Å². The highest BCUT2D eigenvalue weighted by Crippen LogP contribution is 2.35. The third-order valence-electron chi connectivity index (χ3n) is 4.04. The predicted octanol–water partition coefficient (Wildman–Crippen LogP) is 5.48. The molecule has 146 valence electrons. The monoisotopic (exact) mass is 462 g/mol. The van der Waals surface area contributed by atoms with Crippen LogP contribution < -0.4 is 4.74 Å². The second kappa shape index (κ2) is 9.39. The summed E-state index contributed by atoms with van der Waals surface area (Å²) in [5.74, 6) is 0.266. The standard InChI is InChI=1S/C21H20BrFN2O2S/c1-3-24-21-25(4-2)20(26)19(28-21)12-15-11-16(22)8-9-18(15)27-13-14-6-5-7-17(23)10-14/h5-12H,3-4,13H2,1-2H3/b19-12-,24-21?. The van der Waals surface area contributed by atoms with Crippen molar-refractivity contribution in [3.8, 4) is 5.75 Å². The quantitative estimate of drug-likeness (QED) is 0.533. The first-order chi connectivity index (χ1) is 13.5. The summed E-state index contributed by atoms with van der Waals surface area (Å²) < 4.78 is 20.2. The Morgan fingerprint density at radius 2 is 2.07 bits per heavy atom. The molecule has 0 spiro atoms. The maximum Gasteiger partial charge on any atom is 0.266 e. The molecule has 0 unspecified atom stereocenters. The van der Waals surface area contributed by atoms with Crippen LogP contribution in [0.2, 0.25) is 0 Å². The summed E-state index contributed by atoms with van der Waals surface area (Å²) in [6.45, 7) is 5.31. The minimum absolute atomic E-state index is 0.0595. The molecule has 1 aliphatic heterocycles. The van der Waals surface area contributed by atoms with Gasteiger partial charge in [0.1, 0.15) is 18.2 Å². The molecule has 1 amide bonds. The van der Waals surface area contributed by atoms with Crippen molar-refractivity contribution in [2.75, 3.05) is 13.1 Å². The fourth-order valence-electron chi connectivity index (χ4n) is 2.73. The lowest BCUT2D eigenvalue weighted by atomic mass is 10.1. The van der Waals surface area contributed by atoms with E-state index in [0.29, 0.717) is 23.7 Å². The number of likely N-dealkylation sites (N-methyl/N-ethyl adjacent to an activating group) is 1. The van der Waals surface area contributed by atoms with Crippen LogP contribution in [0, 0.1) is 5.82 Å². The van der Waals surface area contributed by atoms with Gasteiger partial charge >= 0.3 is 0 Å². The zero-order valence-corrected chi connectivity index (χ0v) is 18.0. The van der Waals surface area contributed by atoms with Crippen molar-refractivity contribution in [1.82, 2.24) is 4.90 Å². The first kappa shape index (κ1) is 20.6. The molecule has 0 radical (unpaired) electrons. The lowest BCUT2D eigenvalue weighted by Gasteiger charge is -2.12. The average molecular weight is 463 g/mol. The zero-order valence-electron chi connectivity index (χ0n) is 15.6. The van der Waals surface area contributed by atoms with Gasteiger partial charge in [-0.1, -0.05) is 28.1 Å². The maximum absolute atomic E-state index is 13.4. The Morgan fingerprint density at radius 3 is 2.79 bits per heavy atom. The number of ether oxygens (including phenoxy) is 1. The average Bonchev–Trinajstić information content (AvgIpc) is 2.96. The first-order valence-corrected chi connectivity index (χ1v) is 10.6. The second-order valence-electron chi connectivity index (χ2n) is 6.02. The number of amidine groups is 1. The topological polar surface area (TPSA) is 41.9 Å². The van der Waals surface area contributed by atoms with Gasteiger partial charge in [0.25, 0.3) is 5.91 Å². The minimum Gasteiger partial charge on any atom is -0.488 e. The van der Waals surface area contributed by atoms with E-state index in [9.17, 15) is 9.18 Å². The fraction of sp³-hybridized carbons (Fsp3) is 0.238. The third-order valence-corrected chi connectivity index (χ3v) is 5.58. The normalized spacial score (nSPS) is 17.0. The van der Waals surface area contributed by atoms with Crippen molar-refractivity contribution in [2.24, 2.45) is 4.99 Å². The molecule has 0 bridgehead atoms. The van der Waals surface area contributed by atoms with E-state index in [4.69, 9.17) is 4.74 Å². The van der Waals surface area contributed by atoms with Crippen LogP contribution in [-0.2, 0) is 11.4 Å². The number of thioether (sulfide) groups is 1. The van der Waals surface area contributed by atoms with Crippen LogP contribution >= 0.6 is 27.7 Å². The lowest BCUT2D eigenvalue weighted by molar-refractivity contribution is -0.122. The highest BCUT2D eigenvalue weighted by atomic mass is 79.9. The van der Waals surface area contributed by atoms with E-state index in [1.54, 1.807) is 11.0 Å². The molecule has 0 aliphatic carbocycles.